The summed E-state index contributed by atoms with van der Waals surface area (Å²) >= 11 is 1.49. The predicted octanol–water partition coefficient (Wildman–Crippen LogP) is 3.39. The smallest absolute Gasteiger partial charge is 0.354 e. The summed E-state index contributed by atoms with van der Waals surface area (Å²) in [6.07, 6.45) is -1.65. The van der Waals surface area contributed by atoms with Crippen LogP contribution in [0.2, 0.25) is 0 Å². The highest BCUT2D eigenvalue weighted by Crippen LogP contribution is 2.29. The van der Waals surface area contributed by atoms with Gasteiger partial charge in [-0.15, -0.1) is 11.8 Å². The van der Waals surface area contributed by atoms with Gasteiger partial charge in [-0.1, -0.05) is 26.0 Å². The summed E-state index contributed by atoms with van der Waals surface area (Å²) < 4.78 is 37.7. The molecule has 0 saturated carbocycles. The SMILES string of the molecule is CC(C)CNC(=O)C1CSCN1C(=O)/C=C/c1ccc(C(F)(F)F)cc1. The van der Waals surface area contributed by atoms with Crippen LogP contribution in [0.4, 0.5) is 13.2 Å². The third-order valence-electron chi connectivity index (χ3n) is 3.81. The van der Waals surface area contributed by atoms with E-state index in [1.165, 1.54) is 40.9 Å². The van der Waals surface area contributed by atoms with E-state index >= 15 is 0 Å². The maximum absolute atomic E-state index is 12.6. The second-order valence-corrected chi connectivity index (χ2v) is 7.42. The van der Waals surface area contributed by atoms with Crippen LogP contribution in [0.5, 0.6) is 0 Å². The highest BCUT2D eigenvalue weighted by atomic mass is 32.2. The van der Waals surface area contributed by atoms with Gasteiger partial charge in [0.1, 0.15) is 6.04 Å². The number of rotatable bonds is 5. The zero-order valence-corrected chi connectivity index (χ0v) is 15.4. The molecule has 0 aromatic heterocycles. The van der Waals surface area contributed by atoms with E-state index in [9.17, 15) is 22.8 Å². The Bertz CT molecular complexity index is 672. The molecule has 1 aliphatic heterocycles. The van der Waals surface area contributed by atoms with Crippen LogP contribution in [0, 0.1) is 5.92 Å². The third-order valence-corrected chi connectivity index (χ3v) is 4.82. The maximum Gasteiger partial charge on any atom is 0.416 e. The number of amides is 2. The zero-order chi connectivity index (χ0) is 19.3. The molecule has 1 aromatic carbocycles. The number of hydrogen-bond donors (Lipinski definition) is 1. The largest absolute Gasteiger partial charge is 0.416 e. The fourth-order valence-corrected chi connectivity index (χ4v) is 3.51. The lowest BCUT2D eigenvalue weighted by atomic mass is 10.1. The average Bonchev–Trinajstić information content (AvgIpc) is 3.07. The molecule has 1 N–H and O–H groups in total. The van der Waals surface area contributed by atoms with Crippen LogP contribution < -0.4 is 5.32 Å². The van der Waals surface area contributed by atoms with Gasteiger partial charge in [0.25, 0.3) is 0 Å². The van der Waals surface area contributed by atoms with Crippen molar-refractivity contribution in [2.24, 2.45) is 5.92 Å². The first-order chi connectivity index (χ1) is 12.2. The second-order valence-electron chi connectivity index (χ2n) is 6.42. The number of halogens is 3. The Hall–Kier alpha value is -1.96. The topological polar surface area (TPSA) is 49.4 Å². The summed E-state index contributed by atoms with van der Waals surface area (Å²) in [5, 5.41) is 2.83. The number of hydrogen-bond acceptors (Lipinski definition) is 3. The molecular formula is C18H21F3N2O2S. The van der Waals surface area contributed by atoms with Gasteiger partial charge in [-0.05, 0) is 29.7 Å². The fraction of sp³-hybridized carbons (Fsp3) is 0.444. The highest BCUT2D eigenvalue weighted by Gasteiger charge is 2.33. The van der Waals surface area contributed by atoms with Crippen LogP contribution in [0.1, 0.15) is 25.0 Å². The Morgan fingerprint density at radius 3 is 2.54 bits per heavy atom. The molecule has 1 saturated heterocycles. The van der Waals surface area contributed by atoms with Crippen molar-refractivity contribution in [3.63, 3.8) is 0 Å². The highest BCUT2D eigenvalue weighted by molar-refractivity contribution is 7.99. The minimum Gasteiger partial charge on any atom is -0.354 e. The minimum atomic E-state index is -4.39. The fourth-order valence-electron chi connectivity index (χ4n) is 2.35. The molecule has 2 rings (SSSR count). The molecule has 1 heterocycles. The van der Waals surface area contributed by atoms with Gasteiger partial charge in [0.2, 0.25) is 11.8 Å². The van der Waals surface area contributed by atoms with E-state index < -0.39 is 17.8 Å². The molecule has 2 amide bonds. The molecule has 1 aromatic rings. The monoisotopic (exact) mass is 386 g/mol. The normalized spacial score (nSPS) is 17.9. The van der Waals surface area contributed by atoms with Crippen molar-refractivity contribution in [1.82, 2.24) is 10.2 Å². The van der Waals surface area contributed by atoms with Crippen molar-refractivity contribution in [1.29, 1.82) is 0 Å². The minimum absolute atomic E-state index is 0.181. The first-order valence-electron chi connectivity index (χ1n) is 8.20. The second kappa shape index (κ2) is 8.62. The summed E-state index contributed by atoms with van der Waals surface area (Å²) in [6.45, 7) is 4.52. The number of thioether (sulfide) groups is 1. The predicted molar refractivity (Wildman–Crippen MR) is 96.3 cm³/mol. The van der Waals surface area contributed by atoms with Crippen molar-refractivity contribution in [2.45, 2.75) is 26.1 Å². The molecule has 0 radical (unpaired) electrons. The molecule has 1 atom stereocenters. The van der Waals surface area contributed by atoms with Crippen LogP contribution in [0.15, 0.2) is 30.3 Å². The Balaban J connectivity index is 1.99. The molecule has 0 spiro atoms. The van der Waals surface area contributed by atoms with Gasteiger partial charge in [0.15, 0.2) is 0 Å². The van der Waals surface area contributed by atoms with Crippen molar-refractivity contribution in [2.75, 3.05) is 18.2 Å². The van der Waals surface area contributed by atoms with Crippen LogP contribution >= 0.6 is 11.8 Å². The number of carbonyl (C=O) groups excluding carboxylic acids is 2. The van der Waals surface area contributed by atoms with Gasteiger partial charge in [0.05, 0.1) is 11.4 Å². The summed E-state index contributed by atoms with van der Waals surface area (Å²) in [7, 11) is 0. The summed E-state index contributed by atoms with van der Waals surface area (Å²) in [6, 6.07) is 4.02. The third kappa shape index (κ3) is 5.52. The molecular weight excluding hydrogens is 365 g/mol. The van der Waals surface area contributed by atoms with E-state index in [0.717, 1.165) is 12.1 Å². The van der Waals surface area contributed by atoms with Gasteiger partial charge in [-0.3, -0.25) is 9.59 Å². The Labute approximate surface area is 154 Å². The van der Waals surface area contributed by atoms with E-state index in [4.69, 9.17) is 0 Å². The zero-order valence-electron chi connectivity index (χ0n) is 14.5. The molecule has 1 aliphatic rings. The van der Waals surface area contributed by atoms with Gasteiger partial charge in [0, 0.05) is 18.4 Å². The first kappa shape index (κ1) is 20.4. The van der Waals surface area contributed by atoms with Gasteiger partial charge < -0.3 is 10.2 Å². The van der Waals surface area contributed by atoms with Crippen molar-refractivity contribution >= 4 is 29.7 Å². The summed E-state index contributed by atoms with van der Waals surface area (Å²) in [4.78, 5) is 26.1. The standard InChI is InChI=1S/C18H21F3N2O2S/c1-12(2)9-22-17(25)15-10-26-11-23(15)16(24)8-5-13-3-6-14(7-4-13)18(19,20)21/h3-8,12,15H,9-11H2,1-2H3,(H,22,25)/b8-5+. The maximum atomic E-state index is 12.6. The van der Waals surface area contributed by atoms with E-state index in [-0.39, 0.29) is 11.8 Å². The van der Waals surface area contributed by atoms with Crippen LogP contribution in [-0.2, 0) is 15.8 Å². The number of carbonyl (C=O) groups is 2. The van der Waals surface area contributed by atoms with Gasteiger partial charge in [-0.25, -0.2) is 0 Å². The molecule has 0 bridgehead atoms. The number of nitrogens with one attached hydrogen (secondary N) is 1. The molecule has 1 unspecified atom stereocenters. The van der Waals surface area contributed by atoms with Crippen LogP contribution in [-0.4, -0.2) is 40.9 Å². The Morgan fingerprint density at radius 1 is 1.31 bits per heavy atom. The van der Waals surface area contributed by atoms with Gasteiger partial charge >= 0.3 is 6.18 Å². The average molecular weight is 386 g/mol. The lowest BCUT2D eigenvalue weighted by Gasteiger charge is -2.22. The van der Waals surface area contributed by atoms with E-state index in [1.54, 1.807) is 0 Å². The summed E-state index contributed by atoms with van der Waals surface area (Å²) in [5.74, 6) is 0.746. The molecule has 0 aliphatic carbocycles. The van der Waals surface area contributed by atoms with Crippen molar-refractivity contribution in [3.05, 3.63) is 41.5 Å². The summed E-state index contributed by atoms with van der Waals surface area (Å²) in [5.41, 5.74) is -0.252. The molecule has 8 heteroatoms. The number of alkyl halides is 3. The molecule has 142 valence electrons. The van der Waals surface area contributed by atoms with Gasteiger partial charge in [-0.2, -0.15) is 13.2 Å². The molecule has 26 heavy (non-hydrogen) atoms. The van der Waals surface area contributed by atoms with E-state index in [0.29, 0.717) is 29.7 Å². The lowest BCUT2D eigenvalue weighted by molar-refractivity contribution is -0.137. The van der Waals surface area contributed by atoms with Crippen molar-refractivity contribution in [3.8, 4) is 0 Å². The number of benzene rings is 1. The van der Waals surface area contributed by atoms with E-state index in [1.807, 2.05) is 13.8 Å². The Morgan fingerprint density at radius 2 is 1.96 bits per heavy atom. The molecule has 4 nitrogen and oxygen atoms in total. The number of nitrogens with zero attached hydrogens (tertiary/aromatic N) is 1. The first-order valence-corrected chi connectivity index (χ1v) is 9.35. The lowest BCUT2D eigenvalue weighted by Crippen LogP contribution is -2.47. The quantitative estimate of drug-likeness (QED) is 0.790. The molecule has 1 fully saturated rings. The Kier molecular flexibility index (Phi) is 6.75. The van der Waals surface area contributed by atoms with Crippen LogP contribution in [0.3, 0.4) is 0 Å². The van der Waals surface area contributed by atoms with E-state index in [2.05, 4.69) is 5.32 Å². The van der Waals surface area contributed by atoms with Crippen LogP contribution in [0.25, 0.3) is 6.08 Å². The van der Waals surface area contributed by atoms with Crippen molar-refractivity contribution < 1.29 is 22.8 Å².